The number of amides is 1. The van der Waals surface area contributed by atoms with Gasteiger partial charge < -0.3 is 14.7 Å². The van der Waals surface area contributed by atoms with Crippen molar-refractivity contribution in [3.05, 3.63) is 29.1 Å². The van der Waals surface area contributed by atoms with Gasteiger partial charge in [-0.25, -0.2) is 9.59 Å². The lowest BCUT2D eigenvalue weighted by Crippen LogP contribution is -2.37. The molecule has 2 heterocycles. The normalized spacial score (nSPS) is 13.8. The molecule has 0 aliphatic carbocycles. The highest BCUT2D eigenvalue weighted by Crippen LogP contribution is 2.22. The van der Waals surface area contributed by atoms with Gasteiger partial charge in [0.2, 0.25) is 0 Å². The van der Waals surface area contributed by atoms with Crippen LogP contribution in [0.15, 0.2) is 12.4 Å². The number of aromatic carboxylic acids is 1. The minimum absolute atomic E-state index is 0.224. The number of nitrogens with zero attached hydrogens (tertiary/aromatic N) is 2. The van der Waals surface area contributed by atoms with E-state index >= 15 is 0 Å². The molecule has 20 heavy (non-hydrogen) atoms. The molecule has 1 aromatic rings. The number of hydrogen-bond donors (Lipinski definition) is 1. The first-order valence-electron chi connectivity index (χ1n) is 6.74. The topological polar surface area (TPSA) is 79.7 Å². The van der Waals surface area contributed by atoms with Crippen LogP contribution < -0.4 is 0 Å². The van der Waals surface area contributed by atoms with E-state index < -0.39 is 5.97 Å². The number of unbranched alkanes of at least 4 members (excludes halogenated alkanes) is 1. The molecule has 0 saturated heterocycles. The fourth-order valence-electron chi connectivity index (χ4n) is 2.23. The fraction of sp³-hybridized carbons (Fsp3) is 0.500. The minimum Gasteiger partial charge on any atom is -0.478 e. The van der Waals surface area contributed by atoms with E-state index in [-0.39, 0.29) is 11.7 Å². The summed E-state index contributed by atoms with van der Waals surface area (Å²) in [6.07, 6.45) is 4.97. The van der Waals surface area contributed by atoms with E-state index in [0.29, 0.717) is 26.1 Å². The van der Waals surface area contributed by atoms with Crippen LogP contribution in [0.1, 0.15) is 41.3 Å². The van der Waals surface area contributed by atoms with Gasteiger partial charge in [-0.2, -0.15) is 0 Å². The maximum Gasteiger partial charge on any atom is 0.410 e. The number of ether oxygens (including phenoxy) is 1. The van der Waals surface area contributed by atoms with E-state index in [9.17, 15) is 9.59 Å². The number of carbonyl (C=O) groups is 2. The van der Waals surface area contributed by atoms with Crippen molar-refractivity contribution in [2.75, 3.05) is 13.2 Å². The van der Waals surface area contributed by atoms with Gasteiger partial charge in [-0.3, -0.25) is 4.98 Å². The van der Waals surface area contributed by atoms with Crippen LogP contribution in [-0.2, 0) is 17.7 Å². The van der Waals surface area contributed by atoms with Crippen molar-refractivity contribution in [1.82, 2.24) is 9.88 Å². The standard InChI is InChI=1S/C14H18N2O4/c1-2-3-6-20-14(19)16-5-4-11-10(9-16)7-15-8-12(11)13(17)18/h7-8H,2-6,9H2,1H3,(H,17,18). The van der Waals surface area contributed by atoms with Gasteiger partial charge in [0.15, 0.2) is 0 Å². The first kappa shape index (κ1) is 14.3. The first-order chi connectivity index (χ1) is 9.63. The Morgan fingerprint density at radius 2 is 2.25 bits per heavy atom. The highest BCUT2D eigenvalue weighted by molar-refractivity contribution is 5.89. The van der Waals surface area contributed by atoms with Crippen LogP contribution >= 0.6 is 0 Å². The average molecular weight is 278 g/mol. The van der Waals surface area contributed by atoms with E-state index in [1.165, 1.54) is 6.20 Å². The molecule has 1 aromatic heterocycles. The lowest BCUT2D eigenvalue weighted by atomic mass is 9.97. The predicted molar refractivity (Wildman–Crippen MR) is 71.6 cm³/mol. The van der Waals surface area contributed by atoms with E-state index in [1.807, 2.05) is 6.92 Å². The molecular formula is C14H18N2O4. The highest BCUT2D eigenvalue weighted by atomic mass is 16.6. The molecule has 6 nitrogen and oxygen atoms in total. The summed E-state index contributed by atoms with van der Waals surface area (Å²) < 4.78 is 5.16. The fourth-order valence-corrected chi connectivity index (χ4v) is 2.23. The van der Waals surface area contributed by atoms with Crippen LogP contribution in [0, 0.1) is 0 Å². The summed E-state index contributed by atoms with van der Waals surface area (Å²) in [6.45, 7) is 3.28. The molecular weight excluding hydrogens is 260 g/mol. The number of carbonyl (C=O) groups excluding carboxylic acids is 1. The number of rotatable bonds is 4. The number of hydrogen-bond acceptors (Lipinski definition) is 4. The molecule has 2 rings (SSSR count). The van der Waals surface area contributed by atoms with Crippen molar-refractivity contribution in [3.8, 4) is 0 Å². The van der Waals surface area contributed by atoms with Crippen molar-refractivity contribution in [1.29, 1.82) is 0 Å². The lowest BCUT2D eigenvalue weighted by Gasteiger charge is -2.28. The van der Waals surface area contributed by atoms with Gasteiger partial charge in [0.25, 0.3) is 0 Å². The predicted octanol–water partition coefficient (Wildman–Crippen LogP) is 2.07. The number of carboxylic acid groups (broad SMARTS) is 1. The molecule has 1 aliphatic heterocycles. The van der Waals surface area contributed by atoms with Crippen molar-refractivity contribution in [2.45, 2.75) is 32.7 Å². The average Bonchev–Trinajstić information content (AvgIpc) is 2.46. The third-order valence-electron chi connectivity index (χ3n) is 3.35. The lowest BCUT2D eigenvalue weighted by molar-refractivity contribution is 0.0694. The van der Waals surface area contributed by atoms with Crippen LogP contribution in [0.25, 0.3) is 0 Å². The minimum atomic E-state index is -0.978. The molecule has 0 radical (unpaired) electrons. The van der Waals surface area contributed by atoms with Crippen molar-refractivity contribution in [3.63, 3.8) is 0 Å². The molecule has 0 saturated carbocycles. The molecule has 0 aromatic carbocycles. The van der Waals surface area contributed by atoms with Gasteiger partial charge in [-0.15, -0.1) is 0 Å². The smallest absolute Gasteiger partial charge is 0.410 e. The van der Waals surface area contributed by atoms with Crippen LogP contribution in [0.4, 0.5) is 4.79 Å². The molecule has 0 atom stereocenters. The number of fused-ring (bicyclic) bond motifs is 1. The summed E-state index contributed by atoms with van der Waals surface area (Å²) in [5.74, 6) is -0.978. The largest absolute Gasteiger partial charge is 0.478 e. The highest BCUT2D eigenvalue weighted by Gasteiger charge is 2.25. The second-order valence-electron chi connectivity index (χ2n) is 4.77. The Hall–Kier alpha value is -2.11. The number of pyridine rings is 1. The van der Waals surface area contributed by atoms with Crippen molar-refractivity contribution >= 4 is 12.1 Å². The summed E-state index contributed by atoms with van der Waals surface area (Å²) in [5, 5.41) is 9.11. The summed E-state index contributed by atoms with van der Waals surface area (Å²) in [6, 6.07) is 0. The number of carboxylic acids is 1. The Bertz CT molecular complexity index is 516. The van der Waals surface area contributed by atoms with Crippen molar-refractivity contribution in [2.24, 2.45) is 0 Å². The molecule has 0 spiro atoms. The quantitative estimate of drug-likeness (QED) is 0.853. The van der Waals surface area contributed by atoms with Crippen LogP contribution in [0.3, 0.4) is 0 Å². The Kier molecular flexibility index (Phi) is 4.55. The monoisotopic (exact) mass is 278 g/mol. The zero-order valence-corrected chi connectivity index (χ0v) is 11.5. The van der Waals surface area contributed by atoms with Gasteiger partial charge in [0.05, 0.1) is 18.7 Å². The third kappa shape index (κ3) is 3.07. The van der Waals surface area contributed by atoms with Crippen LogP contribution in [0.5, 0.6) is 0 Å². The van der Waals surface area contributed by atoms with Gasteiger partial charge in [-0.05, 0) is 24.0 Å². The molecule has 0 unspecified atom stereocenters. The molecule has 108 valence electrons. The van der Waals surface area contributed by atoms with Gasteiger partial charge in [0, 0.05) is 18.9 Å². The summed E-state index contributed by atoms with van der Waals surface area (Å²) in [5.41, 5.74) is 1.77. The number of aromatic nitrogens is 1. The zero-order valence-electron chi connectivity index (χ0n) is 11.5. The second kappa shape index (κ2) is 6.36. The van der Waals surface area contributed by atoms with E-state index in [4.69, 9.17) is 9.84 Å². The Balaban J connectivity index is 2.06. The van der Waals surface area contributed by atoms with E-state index in [2.05, 4.69) is 4.98 Å². The van der Waals surface area contributed by atoms with Gasteiger partial charge >= 0.3 is 12.1 Å². The summed E-state index contributed by atoms with van der Waals surface area (Å²) in [7, 11) is 0. The Labute approximate surface area is 117 Å². The summed E-state index contributed by atoms with van der Waals surface area (Å²) >= 11 is 0. The van der Waals surface area contributed by atoms with Gasteiger partial charge in [-0.1, -0.05) is 13.3 Å². The second-order valence-corrected chi connectivity index (χ2v) is 4.77. The SMILES string of the molecule is CCCCOC(=O)N1CCc2c(cncc2C(=O)O)C1. The maximum absolute atomic E-state index is 11.9. The van der Waals surface area contributed by atoms with Gasteiger partial charge in [0.1, 0.15) is 0 Å². The zero-order chi connectivity index (χ0) is 14.5. The van der Waals surface area contributed by atoms with E-state index in [1.54, 1.807) is 11.1 Å². The van der Waals surface area contributed by atoms with E-state index in [0.717, 1.165) is 24.0 Å². The third-order valence-corrected chi connectivity index (χ3v) is 3.35. The maximum atomic E-state index is 11.9. The van der Waals surface area contributed by atoms with Crippen molar-refractivity contribution < 1.29 is 19.4 Å². The first-order valence-corrected chi connectivity index (χ1v) is 6.74. The van der Waals surface area contributed by atoms with Crippen LogP contribution in [-0.4, -0.2) is 40.2 Å². The summed E-state index contributed by atoms with van der Waals surface area (Å²) in [4.78, 5) is 28.5. The molecule has 1 amide bonds. The molecule has 0 bridgehead atoms. The Morgan fingerprint density at radius 3 is 2.95 bits per heavy atom. The Morgan fingerprint density at radius 1 is 1.45 bits per heavy atom. The molecule has 1 N–H and O–H groups in total. The van der Waals surface area contributed by atoms with Crippen LogP contribution in [0.2, 0.25) is 0 Å². The molecule has 1 aliphatic rings. The molecule has 0 fully saturated rings. The molecule has 6 heteroatoms.